The van der Waals surface area contributed by atoms with Crippen LogP contribution in [0.1, 0.15) is 33.3 Å². The molecule has 4 heteroatoms. The van der Waals surface area contributed by atoms with Crippen molar-refractivity contribution in [2.24, 2.45) is 5.41 Å². The van der Waals surface area contributed by atoms with E-state index in [9.17, 15) is 4.79 Å². The Morgan fingerprint density at radius 3 is 2.55 bits per heavy atom. The van der Waals surface area contributed by atoms with Crippen LogP contribution in [0.3, 0.4) is 0 Å². The van der Waals surface area contributed by atoms with Gasteiger partial charge in [0.05, 0.1) is 12.5 Å². The Hall–Kier alpha value is -1.55. The van der Waals surface area contributed by atoms with Crippen LogP contribution < -0.4 is 5.73 Å². The molecule has 0 bridgehead atoms. The molecule has 0 aromatic heterocycles. The third-order valence-electron chi connectivity index (χ3n) is 3.40. The van der Waals surface area contributed by atoms with Crippen LogP contribution in [0.25, 0.3) is 0 Å². The molecular weight excluding hydrogens is 252 g/mol. The van der Waals surface area contributed by atoms with E-state index < -0.39 is 5.41 Å². The Morgan fingerprint density at radius 1 is 1.40 bits per heavy atom. The molecule has 0 unspecified atom stereocenters. The van der Waals surface area contributed by atoms with Crippen molar-refractivity contribution in [3.63, 3.8) is 0 Å². The number of hydrogen-bond donors (Lipinski definition) is 1. The molecule has 112 valence electrons. The SMILES string of the molecule is COC(=O)C(C)(C)CN(Cc1cccc(N)c1)C(C)C. The third kappa shape index (κ3) is 4.53. The van der Waals surface area contributed by atoms with E-state index in [-0.39, 0.29) is 5.97 Å². The minimum Gasteiger partial charge on any atom is -0.469 e. The molecule has 0 aliphatic carbocycles. The van der Waals surface area contributed by atoms with Crippen LogP contribution in [0, 0.1) is 5.41 Å². The predicted molar refractivity (Wildman–Crippen MR) is 82.2 cm³/mol. The smallest absolute Gasteiger partial charge is 0.312 e. The molecule has 2 N–H and O–H groups in total. The first-order chi connectivity index (χ1) is 9.26. The monoisotopic (exact) mass is 278 g/mol. The number of nitrogen functional groups attached to an aromatic ring is 1. The molecule has 0 aliphatic heterocycles. The van der Waals surface area contributed by atoms with Crippen LogP contribution in [0.2, 0.25) is 0 Å². The Morgan fingerprint density at radius 2 is 2.05 bits per heavy atom. The Balaban J connectivity index is 2.83. The van der Waals surface area contributed by atoms with Gasteiger partial charge in [0.25, 0.3) is 0 Å². The molecule has 1 rings (SSSR count). The summed E-state index contributed by atoms with van der Waals surface area (Å²) in [5.41, 5.74) is 7.20. The van der Waals surface area contributed by atoms with E-state index in [1.807, 2.05) is 32.0 Å². The summed E-state index contributed by atoms with van der Waals surface area (Å²) < 4.78 is 4.88. The molecule has 0 saturated carbocycles. The van der Waals surface area contributed by atoms with E-state index >= 15 is 0 Å². The van der Waals surface area contributed by atoms with Crippen LogP contribution in [0.5, 0.6) is 0 Å². The van der Waals surface area contributed by atoms with Gasteiger partial charge in [-0.1, -0.05) is 12.1 Å². The van der Waals surface area contributed by atoms with E-state index in [2.05, 4.69) is 24.8 Å². The highest BCUT2D eigenvalue weighted by Crippen LogP contribution is 2.22. The van der Waals surface area contributed by atoms with Gasteiger partial charge in [0.2, 0.25) is 0 Å². The number of carbonyl (C=O) groups is 1. The maximum atomic E-state index is 11.8. The van der Waals surface area contributed by atoms with Crippen LogP contribution in [0.15, 0.2) is 24.3 Å². The Bertz CT molecular complexity index is 456. The largest absolute Gasteiger partial charge is 0.469 e. The van der Waals surface area contributed by atoms with E-state index in [0.29, 0.717) is 12.6 Å². The average Bonchev–Trinajstić information content (AvgIpc) is 2.36. The van der Waals surface area contributed by atoms with E-state index in [0.717, 1.165) is 17.8 Å². The van der Waals surface area contributed by atoms with Crippen molar-refractivity contribution in [3.05, 3.63) is 29.8 Å². The maximum Gasteiger partial charge on any atom is 0.312 e. The van der Waals surface area contributed by atoms with Crippen LogP contribution in [0.4, 0.5) is 5.69 Å². The van der Waals surface area contributed by atoms with Crippen molar-refractivity contribution in [1.82, 2.24) is 4.90 Å². The number of nitrogens with zero attached hydrogens (tertiary/aromatic N) is 1. The summed E-state index contributed by atoms with van der Waals surface area (Å²) in [6.45, 7) is 9.48. The predicted octanol–water partition coefficient (Wildman–Crippen LogP) is 2.68. The molecule has 0 radical (unpaired) electrons. The summed E-state index contributed by atoms with van der Waals surface area (Å²) in [6, 6.07) is 8.19. The fourth-order valence-corrected chi connectivity index (χ4v) is 2.20. The molecule has 0 amide bonds. The third-order valence-corrected chi connectivity index (χ3v) is 3.40. The quantitative estimate of drug-likeness (QED) is 0.642. The molecule has 0 fully saturated rings. The standard InChI is InChI=1S/C16H26N2O2/c1-12(2)18(11-16(3,4)15(19)20-5)10-13-7-6-8-14(17)9-13/h6-9,12H,10-11,17H2,1-5H3. The molecule has 20 heavy (non-hydrogen) atoms. The van der Waals surface area contributed by atoms with E-state index in [1.54, 1.807) is 0 Å². The van der Waals surface area contributed by atoms with E-state index in [4.69, 9.17) is 10.5 Å². The highest BCUT2D eigenvalue weighted by atomic mass is 16.5. The number of benzene rings is 1. The normalized spacial score (nSPS) is 11.9. The molecule has 0 spiro atoms. The zero-order valence-electron chi connectivity index (χ0n) is 13.1. The number of carbonyl (C=O) groups excluding carboxylic acids is 1. The van der Waals surface area contributed by atoms with Gasteiger partial charge < -0.3 is 10.5 Å². The lowest BCUT2D eigenvalue weighted by Crippen LogP contribution is -2.42. The molecule has 0 aliphatic rings. The lowest BCUT2D eigenvalue weighted by atomic mass is 9.92. The second-order valence-corrected chi connectivity index (χ2v) is 6.12. The summed E-state index contributed by atoms with van der Waals surface area (Å²) in [5.74, 6) is -0.185. The first-order valence-electron chi connectivity index (χ1n) is 6.93. The van der Waals surface area contributed by atoms with Crippen LogP contribution >= 0.6 is 0 Å². The fourth-order valence-electron chi connectivity index (χ4n) is 2.20. The number of rotatable bonds is 6. The summed E-state index contributed by atoms with van der Waals surface area (Å²) in [5, 5.41) is 0. The first-order valence-corrected chi connectivity index (χ1v) is 6.93. The van der Waals surface area contributed by atoms with Gasteiger partial charge in [0, 0.05) is 24.8 Å². The zero-order chi connectivity index (χ0) is 15.3. The number of nitrogens with two attached hydrogens (primary N) is 1. The van der Waals surface area contributed by atoms with Gasteiger partial charge in [-0.3, -0.25) is 9.69 Å². The molecular formula is C16H26N2O2. The minimum atomic E-state index is -0.528. The van der Waals surface area contributed by atoms with Gasteiger partial charge in [0.1, 0.15) is 0 Å². The highest BCUT2D eigenvalue weighted by Gasteiger charge is 2.31. The molecule has 0 saturated heterocycles. The average molecular weight is 278 g/mol. The fraction of sp³-hybridized carbons (Fsp3) is 0.562. The maximum absolute atomic E-state index is 11.8. The van der Waals surface area contributed by atoms with Crippen molar-refractivity contribution in [2.75, 3.05) is 19.4 Å². The highest BCUT2D eigenvalue weighted by molar-refractivity contribution is 5.76. The van der Waals surface area contributed by atoms with Crippen molar-refractivity contribution >= 4 is 11.7 Å². The van der Waals surface area contributed by atoms with Gasteiger partial charge in [-0.2, -0.15) is 0 Å². The lowest BCUT2D eigenvalue weighted by molar-refractivity contribution is -0.152. The molecule has 1 aromatic rings. The van der Waals surface area contributed by atoms with Gasteiger partial charge in [-0.05, 0) is 45.4 Å². The second-order valence-electron chi connectivity index (χ2n) is 6.12. The van der Waals surface area contributed by atoms with Gasteiger partial charge in [-0.25, -0.2) is 0 Å². The van der Waals surface area contributed by atoms with Gasteiger partial charge in [0.15, 0.2) is 0 Å². The summed E-state index contributed by atoms with van der Waals surface area (Å²) >= 11 is 0. The lowest BCUT2D eigenvalue weighted by Gasteiger charge is -2.33. The van der Waals surface area contributed by atoms with Crippen molar-refractivity contribution in [2.45, 2.75) is 40.3 Å². The Labute approximate surface area is 121 Å². The molecule has 4 nitrogen and oxygen atoms in total. The Kier molecular flexibility index (Phi) is 5.57. The molecule has 0 heterocycles. The van der Waals surface area contributed by atoms with Crippen LogP contribution in [-0.4, -0.2) is 30.6 Å². The van der Waals surface area contributed by atoms with Gasteiger partial charge in [-0.15, -0.1) is 0 Å². The zero-order valence-corrected chi connectivity index (χ0v) is 13.1. The van der Waals surface area contributed by atoms with Gasteiger partial charge >= 0.3 is 5.97 Å². The van der Waals surface area contributed by atoms with Crippen molar-refractivity contribution < 1.29 is 9.53 Å². The molecule has 1 aromatic carbocycles. The van der Waals surface area contributed by atoms with Crippen LogP contribution in [-0.2, 0) is 16.1 Å². The second kappa shape index (κ2) is 6.75. The molecule has 0 atom stereocenters. The number of ether oxygens (including phenoxy) is 1. The number of anilines is 1. The number of methoxy groups -OCH3 is 1. The summed E-state index contributed by atoms with van der Waals surface area (Å²) in [6.07, 6.45) is 0. The number of hydrogen-bond acceptors (Lipinski definition) is 4. The van der Waals surface area contributed by atoms with Crippen molar-refractivity contribution in [3.8, 4) is 0 Å². The minimum absolute atomic E-state index is 0.185. The topological polar surface area (TPSA) is 55.6 Å². The first kappa shape index (κ1) is 16.5. The summed E-state index contributed by atoms with van der Waals surface area (Å²) in [7, 11) is 1.43. The van der Waals surface area contributed by atoms with E-state index in [1.165, 1.54) is 7.11 Å². The summed E-state index contributed by atoms with van der Waals surface area (Å²) in [4.78, 5) is 14.1. The van der Waals surface area contributed by atoms with Crippen molar-refractivity contribution in [1.29, 1.82) is 0 Å². The number of esters is 1.